The van der Waals surface area contributed by atoms with Gasteiger partial charge >= 0.3 is 0 Å². The molecule has 0 spiro atoms. The summed E-state index contributed by atoms with van der Waals surface area (Å²) in [7, 11) is 0. The first kappa shape index (κ1) is 14.2. The van der Waals surface area contributed by atoms with Crippen LogP contribution in [-0.2, 0) is 0 Å². The highest BCUT2D eigenvalue weighted by Gasteiger charge is 2.26. The van der Waals surface area contributed by atoms with Gasteiger partial charge in [-0.25, -0.2) is 22.0 Å². The number of rotatable bonds is 2. The van der Waals surface area contributed by atoms with Crippen LogP contribution in [0.3, 0.4) is 0 Å². The minimum absolute atomic E-state index is 0.206. The second-order valence-electron chi connectivity index (χ2n) is 4.08. The topological polar surface area (TPSA) is 17.1 Å². The molecule has 0 bridgehead atoms. The van der Waals surface area contributed by atoms with Gasteiger partial charge in [-0.3, -0.25) is 4.79 Å². The van der Waals surface area contributed by atoms with E-state index in [1.165, 1.54) is 19.1 Å². The summed E-state index contributed by atoms with van der Waals surface area (Å²) < 4.78 is 66.2. The fourth-order valence-electron chi connectivity index (χ4n) is 1.73. The second-order valence-corrected chi connectivity index (χ2v) is 4.08. The Hall–Kier alpha value is -2.24. The Bertz CT molecular complexity index is 663. The molecule has 0 unspecified atom stereocenters. The third kappa shape index (κ3) is 2.17. The van der Waals surface area contributed by atoms with E-state index in [-0.39, 0.29) is 16.9 Å². The van der Waals surface area contributed by atoms with Gasteiger partial charge in [-0.2, -0.15) is 0 Å². The Morgan fingerprint density at radius 2 is 1.15 bits per heavy atom. The number of halogens is 5. The molecule has 2 rings (SSSR count). The van der Waals surface area contributed by atoms with Crippen LogP contribution in [0.15, 0.2) is 24.3 Å². The van der Waals surface area contributed by atoms with E-state index in [2.05, 4.69) is 0 Å². The van der Waals surface area contributed by atoms with E-state index < -0.39 is 34.6 Å². The molecule has 0 radical (unpaired) electrons. The molecule has 0 fully saturated rings. The minimum atomic E-state index is -2.20. The molecule has 20 heavy (non-hydrogen) atoms. The number of carbonyl (C=O) groups is 1. The summed E-state index contributed by atoms with van der Waals surface area (Å²) >= 11 is 0. The first-order valence-electron chi connectivity index (χ1n) is 5.47. The van der Waals surface area contributed by atoms with Gasteiger partial charge in [-0.15, -0.1) is 0 Å². The van der Waals surface area contributed by atoms with Gasteiger partial charge in [0.2, 0.25) is 5.82 Å². The first-order valence-corrected chi connectivity index (χ1v) is 5.47. The van der Waals surface area contributed by atoms with Crippen LogP contribution in [0, 0.1) is 29.1 Å². The molecule has 0 aromatic heterocycles. The lowest BCUT2D eigenvalue weighted by atomic mass is 10.0. The summed E-state index contributed by atoms with van der Waals surface area (Å²) in [6.07, 6.45) is 0. The first-order chi connectivity index (χ1) is 9.34. The summed E-state index contributed by atoms with van der Waals surface area (Å²) in [6.45, 7) is 1.29. The van der Waals surface area contributed by atoms with Crippen molar-refractivity contribution >= 4 is 5.78 Å². The van der Waals surface area contributed by atoms with E-state index in [0.717, 1.165) is 12.1 Å². The van der Waals surface area contributed by atoms with Gasteiger partial charge in [-0.1, -0.05) is 24.3 Å². The van der Waals surface area contributed by atoms with Crippen LogP contribution in [0.1, 0.15) is 17.3 Å². The minimum Gasteiger partial charge on any atom is -0.295 e. The van der Waals surface area contributed by atoms with Gasteiger partial charge < -0.3 is 0 Å². The molecule has 2 aromatic rings. The standard InChI is InChI=1S/C14H7F5O/c1-6(20)7-2-4-8(5-3-7)9-10(15)12(17)14(19)13(18)11(9)16/h2-5H,1H3. The third-order valence-electron chi connectivity index (χ3n) is 2.79. The molecule has 0 amide bonds. The molecule has 0 N–H and O–H groups in total. The predicted molar refractivity (Wildman–Crippen MR) is 61.7 cm³/mol. The van der Waals surface area contributed by atoms with Crippen molar-refractivity contribution in [1.29, 1.82) is 0 Å². The molecule has 0 saturated heterocycles. The normalized spacial score (nSPS) is 10.7. The maximum absolute atomic E-state index is 13.6. The van der Waals surface area contributed by atoms with E-state index in [1.54, 1.807) is 0 Å². The summed E-state index contributed by atoms with van der Waals surface area (Å²) in [5, 5.41) is 0. The van der Waals surface area contributed by atoms with Crippen molar-refractivity contribution in [3.63, 3.8) is 0 Å². The average molecular weight is 286 g/mol. The molecule has 2 aromatic carbocycles. The van der Waals surface area contributed by atoms with E-state index in [1.807, 2.05) is 0 Å². The SMILES string of the molecule is CC(=O)c1ccc(-c2c(F)c(F)c(F)c(F)c2F)cc1. The Labute approximate surface area is 110 Å². The largest absolute Gasteiger partial charge is 0.295 e. The summed E-state index contributed by atoms with van der Waals surface area (Å²) in [5.74, 6) is -10.3. The number of hydrogen-bond donors (Lipinski definition) is 0. The van der Waals surface area contributed by atoms with Crippen LogP contribution in [0.2, 0.25) is 0 Å². The highest BCUT2D eigenvalue weighted by Crippen LogP contribution is 2.31. The molecule has 0 heterocycles. The summed E-state index contributed by atoms with van der Waals surface area (Å²) in [5.41, 5.74) is -0.961. The maximum Gasteiger partial charge on any atom is 0.200 e. The Balaban J connectivity index is 2.67. The maximum atomic E-state index is 13.6. The lowest BCUT2D eigenvalue weighted by Crippen LogP contribution is -2.04. The van der Waals surface area contributed by atoms with Crippen LogP contribution in [0.25, 0.3) is 11.1 Å². The number of Topliss-reactive ketones (excluding diaryl/α,β-unsaturated/α-hetero) is 1. The van der Waals surface area contributed by atoms with Crippen molar-refractivity contribution in [2.45, 2.75) is 6.92 Å². The number of ketones is 1. The fourth-order valence-corrected chi connectivity index (χ4v) is 1.73. The Morgan fingerprint density at radius 3 is 1.55 bits per heavy atom. The van der Waals surface area contributed by atoms with E-state index in [9.17, 15) is 26.7 Å². The van der Waals surface area contributed by atoms with Gasteiger partial charge in [0.15, 0.2) is 29.1 Å². The van der Waals surface area contributed by atoms with Crippen molar-refractivity contribution in [1.82, 2.24) is 0 Å². The van der Waals surface area contributed by atoms with Crippen LogP contribution in [0.5, 0.6) is 0 Å². The van der Waals surface area contributed by atoms with Gasteiger partial charge in [0.25, 0.3) is 0 Å². The van der Waals surface area contributed by atoms with E-state index >= 15 is 0 Å². The number of benzene rings is 2. The number of carbonyl (C=O) groups excluding carboxylic acids is 1. The molecule has 1 nitrogen and oxygen atoms in total. The van der Waals surface area contributed by atoms with Crippen LogP contribution >= 0.6 is 0 Å². The van der Waals surface area contributed by atoms with Crippen LogP contribution in [0.4, 0.5) is 22.0 Å². The predicted octanol–water partition coefficient (Wildman–Crippen LogP) is 4.25. The van der Waals surface area contributed by atoms with Crippen molar-refractivity contribution in [3.05, 3.63) is 58.9 Å². The Morgan fingerprint density at radius 1 is 0.750 bits per heavy atom. The second kappa shape index (κ2) is 5.03. The third-order valence-corrected chi connectivity index (χ3v) is 2.79. The quantitative estimate of drug-likeness (QED) is 0.349. The molecule has 0 aliphatic rings. The highest BCUT2D eigenvalue weighted by atomic mass is 19.2. The zero-order chi connectivity index (χ0) is 15.0. The summed E-state index contributed by atoms with van der Waals surface area (Å²) in [4.78, 5) is 11.1. The molecule has 0 aliphatic carbocycles. The molecule has 0 saturated carbocycles. The van der Waals surface area contributed by atoms with Crippen molar-refractivity contribution in [2.75, 3.05) is 0 Å². The van der Waals surface area contributed by atoms with Crippen molar-refractivity contribution in [3.8, 4) is 11.1 Å². The van der Waals surface area contributed by atoms with Crippen LogP contribution < -0.4 is 0 Å². The number of hydrogen-bond acceptors (Lipinski definition) is 1. The highest BCUT2D eigenvalue weighted by molar-refractivity contribution is 5.94. The molecule has 0 atom stereocenters. The molecule has 6 heteroatoms. The van der Waals surface area contributed by atoms with Gasteiger partial charge in [0.1, 0.15) is 0 Å². The van der Waals surface area contributed by atoms with Crippen molar-refractivity contribution in [2.24, 2.45) is 0 Å². The lowest BCUT2D eigenvalue weighted by molar-refractivity contribution is 0.101. The van der Waals surface area contributed by atoms with Gasteiger partial charge in [-0.05, 0) is 12.5 Å². The fraction of sp³-hybridized carbons (Fsp3) is 0.0714. The smallest absolute Gasteiger partial charge is 0.200 e. The Kier molecular flexibility index (Phi) is 3.57. The van der Waals surface area contributed by atoms with Gasteiger partial charge in [0, 0.05) is 5.56 Å². The summed E-state index contributed by atoms with van der Waals surface area (Å²) in [6, 6.07) is 4.73. The van der Waals surface area contributed by atoms with E-state index in [4.69, 9.17) is 0 Å². The van der Waals surface area contributed by atoms with Gasteiger partial charge in [0.05, 0.1) is 5.56 Å². The monoisotopic (exact) mass is 286 g/mol. The zero-order valence-corrected chi connectivity index (χ0v) is 10.1. The van der Waals surface area contributed by atoms with Crippen molar-refractivity contribution < 1.29 is 26.7 Å². The average Bonchev–Trinajstić information content (AvgIpc) is 2.44. The zero-order valence-electron chi connectivity index (χ0n) is 10.1. The van der Waals surface area contributed by atoms with Crippen LogP contribution in [-0.4, -0.2) is 5.78 Å². The molecular weight excluding hydrogens is 279 g/mol. The van der Waals surface area contributed by atoms with E-state index in [0.29, 0.717) is 0 Å². The molecule has 0 aliphatic heterocycles. The molecular formula is C14H7F5O. The lowest BCUT2D eigenvalue weighted by Gasteiger charge is -2.08. The molecule has 104 valence electrons.